The summed E-state index contributed by atoms with van der Waals surface area (Å²) in [6, 6.07) is 9.51. The van der Waals surface area contributed by atoms with Gasteiger partial charge in [-0.05, 0) is 24.1 Å². The van der Waals surface area contributed by atoms with E-state index in [1.54, 1.807) is 6.20 Å². The van der Waals surface area contributed by atoms with Crippen LogP contribution in [0.25, 0.3) is 0 Å². The third-order valence-electron chi connectivity index (χ3n) is 4.93. The van der Waals surface area contributed by atoms with E-state index in [9.17, 15) is 8.42 Å². The van der Waals surface area contributed by atoms with E-state index in [0.717, 1.165) is 23.4 Å². The number of hydrogen-bond donors (Lipinski definition) is 2. The lowest BCUT2D eigenvalue weighted by molar-refractivity contribution is 0.0729. The lowest BCUT2D eigenvalue weighted by Gasteiger charge is -2.26. The number of guanidine groups is 1. The minimum atomic E-state index is -3.39. The van der Waals surface area contributed by atoms with Gasteiger partial charge in [-0.25, -0.2) is 13.4 Å². The number of aliphatic imine (C=N–C) groups is 1. The number of aromatic nitrogens is 2. The van der Waals surface area contributed by atoms with Crippen molar-refractivity contribution in [2.24, 2.45) is 12.0 Å². The Morgan fingerprint density at radius 1 is 1.16 bits per heavy atom. The van der Waals surface area contributed by atoms with Crippen LogP contribution in [0, 0.1) is 0 Å². The van der Waals surface area contributed by atoms with E-state index < -0.39 is 10.0 Å². The summed E-state index contributed by atoms with van der Waals surface area (Å²) in [5.74, 6) is 0.641. The Balaban J connectivity index is 0.00000341. The van der Waals surface area contributed by atoms with Gasteiger partial charge in [0.1, 0.15) is 0 Å². The molecule has 1 aromatic heterocycles. The molecule has 1 fully saturated rings. The minimum Gasteiger partial charge on any atom is -0.379 e. The molecule has 0 bridgehead atoms. The molecule has 1 saturated heterocycles. The van der Waals surface area contributed by atoms with Crippen molar-refractivity contribution in [2.45, 2.75) is 25.8 Å². The fourth-order valence-electron chi connectivity index (χ4n) is 3.22. The Morgan fingerprint density at radius 3 is 2.52 bits per heavy atom. The number of rotatable bonds is 8. The highest BCUT2D eigenvalue weighted by molar-refractivity contribution is 14.0. The number of nitrogens with one attached hydrogen (secondary N) is 2. The van der Waals surface area contributed by atoms with Crippen LogP contribution in [-0.2, 0) is 40.7 Å². The van der Waals surface area contributed by atoms with Crippen LogP contribution >= 0.6 is 24.0 Å². The maximum Gasteiger partial charge on any atom is 0.218 e. The standard InChI is InChI=1S/C20H30N6O3S.HI/c1-3-21-20(23-15-19-8-9-24-25(19)2)22-14-17-6-4-5-7-18(17)16-30(27,28)26-10-12-29-13-11-26;/h4-9H,3,10-16H2,1-2H3,(H2,21,22,23);1H. The molecule has 1 aliphatic heterocycles. The normalized spacial score (nSPS) is 15.4. The molecule has 1 aromatic carbocycles. The third kappa shape index (κ3) is 7.44. The Bertz CT molecular complexity index is 957. The molecule has 9 nitrogen and oxygen atoms in total. The van der Waals surface area contributed by atoms with Crippen molar-refractivity contribution in [1.29, 1.82) is 0 Å². The molecule has 0 saturated carbocycles. The van der Waals surface area contributed by atoms with Crippen molar-refractivity contribution in [3.05, 3.63) is 53.3 Å². The zero-order valence-corrected chi connectivity index (χ0v) is 21.1. The number of halogens is 1. The molecule has 0 unspecified atom stereocenters. The predicted molar refractivity (Wildman–Crippen MR) is 132 cm³/mol. The van der Waals surface area contributed by atoms with E-state index in [-0.39, 0.29) is 29.7 Å². The van der Waals surface area contributed by atoms with Gasteiger partial charge in [0.25, 0.3) is 0 Å². The van der Waals surface area contributed by atoms with Crippen molar-refractivity contribution < 1.29 is 13.2 Å². The molecule has 0 atom stereocenters. The number of sulfonamides is 1. The van der Waals surface area contributed by atoms with E-state index in [4.69, 9.17) is 4.74 Å². The fraction of sp³-hybridized carbons (Fsp3) is 0.500. The third-order valence-corrected chi connectivity index (χ3v) is 6.76. The van der Waals surface area contributed by atoms with Crippen LogP contribution < -0.4 is 10.6 Å². The van der Waals surface area contributed by atoms with Crippen molar-refractivity contribution in [3.8, 4) is 0 Å². The second-order valence-electron chi connectivity index (χ2n) is 7.03. The van der Waals surface area contributed by atoms with Gasteiger partial charge in [-0.2, -0.15) is 9.40 Å². The van der Waals surface area contributed by atoms with E-state index in [0.29, 0.717) is 45.4 Å². The topological polar surface area (TPSA) is 101 Å². The molecule has 0 aliphatic carbocycles. The minimum absolute atomic E-state index is 0. The zero-order valence-electron chi connectivity index (χ0n) is 18.0. The molecular formula is C20H31IN6O3S. The SMILES string of the molecule is CCNC(=NCc1ccccc1CS(=O)(=O)N1CCOCC1)NCc1ccnn1C.I. The zero-order chi connectivity index (χ0) is 21.4. The largest absolute Gasteiger partial charge is 0.379 e. The fourth-order valence-corrected chi connectivity index (χ4v) is 4.78. The first-order chi connectivity index (χ1) is 14.5. The molecule has 172 valence electrons. The summed E-state index contributed by atoms with van der Waals surface area (Å²) in [5.41, 5.74) is 2.71. The van der Waals surface area contributed by atoms with Crippen LogP contribution in [0.4, 0.5) is 0 Å². The number of benzene rings is 1. The van der Waals surface area contributed by atoms with Crippen LogP contribution in [0.1, 0.15) is 23.7 Å². The Morgan fingerprint density at radius 2 is 1.87 bits per heavy atom. The summed E-state index contributed by atoms with van der Waals surface area (Å²) < 4.78 is 34.2. The molecule has 2 N–H and O–H groups in total. The molecule has 2 aromatic rings. The first-order valence-electron chi connectivity index (χ1n) is 10.1. The average molecular weight is 562 g/mol. The highest BCUT2D eigenvalue weighted by atomic mass is 127. The first-order valence-corrected chi connectivity index (χ1v) is 11.7. The monoisotopic (exact) mass is 562 g/mol. The summed E-state index contributed by atoms with van der Waals surface area (Å²) in [5, 5.41) is 10.7. The Labute approximate surface area is 201 Å². The Kier molecular flexibility index (Phi) is 10.2. The number of morpholine rings is 1. The van der Waals surface area contributed by atoms with Gasteiger partial charge in [0.2, 0.25) is 10.0 Å². The highest BCUT2D eigenvalue weighted by Crippen LogP contribution is 2.17. The molecule has 11 heteroatoms. The second-order valence-corrected chi connectivity index (χ2v) is 9.00. The van der Waals surface area contributed by atoms with Gasteiger partial charge >= 0.3 is 0 Å². The Hall–Kier alpha value is -1.70. The van der Waals surface area contributed by atoms with Gasteiger partial charge in [0.05, 0.1) is 37.8 Å². The van der Waals surface area contributed by atoms with E-state index >= 15 is 0 Å². The number of aryl methyl sites for hydroxylation is 1. The summed E-state index contributed by atoms with van der Waals surface area (Å²) >= 11 is 0. The van der Waals surface area contributed by atoms with E-state index in [1.807, 2.05) is 49.0 Å². The number of hydrogen-bond acceptors (Lipinski definition) is 5. The van der Waals surface area contributed by atoms with Crippen molar-refractivity contribution in [2.75, 3.05) is 32.8 Å². The molecular weight excluding hydrogens is 531 g/mol. The van der Waals surface area contributed by atoms with E-state index in [1.165, 1.54) is 4.31 Å². The number of nitrogens with zero attached hydrogens (tertiary/aromatic N) is 4. The van der Waals surface area contributed by atoms with Gasteiger partial charge in [-0.1, -0.05) is 24.3 Å². The van der Waals surface area contributed by atoms with E-state index in [2.05, 4.69) is 20.7 Å². The number of ether oxygens (including phenoxy) is 1. The van der Waals surface area contributed by atoms with Gasteiger partial charge in [-0.3, -0.25) is 4.68 Å². The summed E-state index contributed by atoms with van der Waals surface area (Å²) in [7, 11) is -1.49. The molecule has 2 heterocycles. The molecule has 1 aliphatic rings. The van der Waals surface area contributed by atoms with Crippen LogP contribution in [0.3, 0.4) is 0 Å². The molecule has 0 amide bonds. The summed E-state index contributed by atoms with van der Waals surface area (Å²) in [4.78, 5) is 4.65. The second kappa shape index (κ2) is 12.4. The summed E-state index contributed by atoms with van der Waals surface area (Å²) in [6.07, 6.45) is 1.76. The average Bonchev–Trinajstić information content (AvgIpc) is 3.16. The van der Waals surface area contributed by atoms with Crippen molar-refractivity contribution in [3.63, 3.8) is 0 Å². The van der Waals surface area contributed by atoms with Crippen LogP contribution in [0.2, 0.25) is 0 Å². The van der Waals surface area contributed by atoms with Gasteiger partial charge in [0.15, 0.2) is 5.96 Å². The van der Waals surface area contributed by atoms with Gasteiger partial charge in [0, 0.05) is 32.9 Å². The van der Waals surface area contributed by atoms with Crippen LogP contribution in [0.5, 0.6) is 0 Å². The maximum atomic E-state index is 12.8. The molecule has 0 spiro atoms. The van der Waals surface area contributed by atoms with Gasteiger partial charge < -0.3 is 15.4 Å². The summed E-state index contributed by atoms with van der Waals surface area (Å²) in [6.45, 7) is 5.41. The van der Waals surface area contributed by atoms with Crippen LogP contribution in [-0.4, -0.2) is 61.3 Å². The maximum absolute atomic E-state index is 12.8. The first kappa shape index (κ1) is 25.6. The highest BCUT2D eigenvalue weighted by Gasteiger charge is 2.25. The van der Waals surface area contributed by atoms with Crippen molar-refractivity contribution >= 4 is 40.0 Å². The van der Waals surface area contributed by atoms with Gasteiger partial charge in [-0.15, -0.1) is 24.0 Å². The smallest absolute Gasteiger partial charge is 0.218 e. The molecule has 3 rings (SSSR count). The lowest BCUT2D eigenvalue weighted by atomic mass is 10.1. The molecule has 0 radical (unpaired) electrons. The van der Waals surface area contributed by atoms with Crippen LogP contribution in [0.15, 0.2) is 41.5 Å². The quantitative estimate of drug-likeness (QED) is 0.287. The lowest BCUT2D eigenvalue weighted by Crippen LogP contribution is -2.41. The predicted octanol–water partition coefficient (Wildman–Crippen LogP) is 1.46. The molecule has 31 heavy (non-hydrogen) atoms. The van der Waals surface area contributed by atoms with Crippen molar-refractivity contribution in [1.82, 2.24) is 24.7 Å².